The van der Waals surface area contributed by atoms with Gasteiger partial charge in [0.05, 0.1) is 7.11 Å². The van der Waals surface area contributed by atoms with Crippen molar-refractivity contribution in [3.63, 3.8) is 0 Å². The van der Waals surface area contributed by atoms with Crippen molar-refractivity contribution in [2.75, 3.05) is 25.5 Å². The molecule has 2 rings (SSSR count). The molecule has 1 saturated heterocycles. The third-order valence-corrected chi connectivity index (χ3v) is 4.92. The smallest absolute Gasteiger partial charge is 0.411 e. The van der Waals surface area contributed by atoms with E-state index in [2.05, 4.69) is 14.8 Å². The zero-order valence-electron chi connectivity index (χ0n) is 12.7. The van der Waals surface area contributed by atoms with Crippen LogP contribution in [0.3, 0.4) is 0 Å². The molecule has 1 aromatic rings. The molecule has 0 spiro atoms. The number of rotatable bonds is 4. The Balaban J connectivity index is 2.08. The summed E-state index contributed by atoms with van der Waals surface area (Å²) >= 11 is 0. The first-order valence-electron chi connectivity index (χ1n) is 7.19. The maximum absolute atomic E-state index is 12.2. The van der Waals surface area contributed by atoms with Crippen LogP contribution in [0.15, 0.2) is 24.3 Å². The van der Waals surface area contributed by atoms with Crippen molar-refractivity contribution >= 4 is 27.9 Å². The van der Waals surface area contributed by atoms with E-state index in [1.807, 2.05) is 0 Å². The van der Waals surface area contributed by atoms with E-state index in [9.17, 15) is 18.0 Å². The highest BCUT2D eigenvalue weighted by Crippen LogP contribution is 2.14. The van der Waals surface area contributed by atoms with Gasteiger partial charge in [0.15, 0.2) is 0 Å². The first-order chi connectivity index (χ1) is 10.9. The molecular formula is C14H19N3O5S. The van der Waals surface area contributed by atoms with Crippen LogP contribution in [0.1, 0.15) is 29.6 Å². The molecule has 0 aromatic heterocycles. The van der Waals surface area contributed by atoms with Gasteiger partial charge in [-0.1, -0.05) is 12.5 Å². The standard InChI is InChI=1S/C14H19N3O5S/c1-22-14(19)15-12-7-5-6-11(10-12)13(18)16-23(20,21)17-8-3-2-4-9-17/h5-7,10H,2-4,8-9H2,1H3,(H,15,19)(H,16,18). The summed E-state index contributed by atoms with van der Waals surface area (Å²) in [5.74, 6) is -0.746. The number of nitrogens with one attached hydrogen (secondary N) is 2. The van der Waals surface area contributed by atoms with Crippen molar-refractivity contribution in [2.24, 2.45) is 0 Å². The maximum Gasteiger partial charge on any atom is 0.411 e. The summed E-state index contributed by atoms with van der Waals surface area (Å²) in [5.41, 5.74) is 0.458. The predicted octanol–water partition coefficient (Wildman–Crippen LogP) is 1.33. The van der Waals surface area contributed by atoms with E-state index in [1.54, 1.807) is 6.07 Å². The second kappa shape index (κ2) is 7.42. The van der Waals surface area contributed by atoms with Gasteiger partial charge < -0.3 is 4.74 Å². The lowest BCUT2D eigenvalue weighted by Crippen LogP contribution is -2.45. The van der Waals surface area contributed by atoms with Gasteiger partial charge in [0.25, 0.3) is 5.91 Å². The number of carbonyl (C=O) groups excluding carboxylic acids is 2. The van der Waals surface area contributed by atoms with Gasteiger partial charge in [-0.2, -0.15) is 12.7 Å². The van der Waals surface area contributed by atoms with Gasteiger partial charge in [0.2, 0.25) is 0 Å². The number of nitrogens with zero attached hydrogens (tertiary/aromatic N) is 1. The molecule has 126 valence electrons. The number of methoxy groups -OCH3 is 1. The van der Waals surface area contributed by atoms with E-state index in [1.165, 1.54) is 29.6 Å². The van der Waals surface area contributed by atoms with Crippen molar-refractivity contribution < 1.29 is 22.7 Å². The molecule has 9 heteroatoms. The van der Waals surface area contributed by atoms with Crippen molar-refractivity contribution in [2.45, 2.75) is 19.3 Å². The Labute approximate surface area is 135 Å². The number of anilines is 1. The van der Waals surface area contributed by atoms with Crippen molar-refractivity contribution in [3.8, 4) is 0 Å². The molecule has 1 aromatic carbocycles. The number of hydrogen-bond acceptors (Lipinski definition) is 5. The molecule has 0 aliphatic carbocycles. The number of benzene rings is 1. The summed E-state index contributed by atoms with van der Waals surface area (Å²) in [4.78, 5) is 23.3. The summed E-state index contributed by atoms with van der Waals surface area (Å²) < 4.78 is 32.1. The number of ether oxygens (including phenoxy) is 1. The summed E-state index contributed by atoms with van der Waals surface area (Å²) in [6.07, 6.45) is 1.88. The van der Waals surface area contributed by atoms with Crippen LogP contribution in [0, 0.1) is 0 Å². The van der Waals surface area contributed by atoms with Crippen LogP contribution in [0.2, 0.25) is 0 Å². The van der Waals surface area contributed by atoms with Crippen LogP contribution < -0.4 is 10.0 Å². The van der Waals surface area contributed by atoms with Gasteiger partial charge in [0, 0.05) is 24.3 Å². The van der Waals surface area contributed by atoms with Crippen LogP contribution >= 0.6 is 0 Å². The van der Waals surface area contributed by atoms with E-state index >= 15 is 0 Å². The van der Waals surface area contributed by atoms with Gasteiger partial charge in [0.1, 0.15) is 0 Å². The molecule has 8 nitrogen and oxygen atoms in total. The van der Waals surface area contributed by atoms with Gasteiger partial charge in [-0.25, -0.2) is 9.52 Å². The Morgan fingerprint density at radius 1 is 1.17 bits per heavy atom. The molecule has 1 aliphatic rings. The summed E-state index contributed by atoms with van der Waals surface area (Å²) in [5, 5.41) is 2.41. The second-order valence-electron chi connectivity index (χ2n) is 5.09. The third kappa shape index (κ3) is 4.67. The summed E-state index contributed by atoms with van der Waals surface area (Å²) in [7, 11) is -2.63. The second-order valence-corrected chi connectivity index (χ2v) is 6.76. The molecule has 1 aliphatic heterocycles. The van der Waals surface area contributed by atoms with E-state index < -0.39 is 22.2 Å². The predicted molar refractivity (Wildman–Crippen MR) is 84.3 cm³/mol. The Kier molecular flexibility index (Phi) is 5.56. The molecule has 2 amide bonds. The molecule has 0 unspecified atom stereocenters. The molecule has 0 atom stereocenters. The Hall–Kier alpha value is -2.13. The molecule has 23 heavy (non-hydrogen) atoms. The first kappa shape index (κ1) is 17.2. The monoisotopic (exact) mass is 341 g/mol. The molecule has 2 N–H and O–H groups in total. The SMILES string of the molecule is COC(=O)Nc1cccc(C(=O)NS(=O)(=O)N2CCCCC2)c1. The largest absolute Gasteiger partial charge is 0.453 e. The third-order valence-electron chi connectivity index (χ3n) is 3.43. The maximum atomic E-state index is 12.2. The van der Waals surface area contributed by atoms with Gasteiger partial charge in [-0.05, 0) is 31.0 Å². The van der Waals surface area contributed by atoms with Crippen LogP contribution in [0.4, 0.5) is 10.5 Å². The van der Waals surface area contributed by atoms with Crippen LogP contribution in [0.5, 0.6) is 0 Å². The molecular weight excluding hydrogens is 322 g/mol. The van der Waals surface area contributed by atoms with Crippen molar-refractivity contribution in [1.82, 2.24) is 9.03 Å². The lowest BCUT2D eigenvalue weighted by atomic mass is 10.2. The zero-order chi connectivity index (χ0) is 16.9. The van der Waals surface area contributed by atoms with Crippen LogP contribution in [0.25, 0.3) is 0 Å². The molecule has 1 heterocycles. The number of amides is 2. The minimum Gasteiger partial charge on any atom is -0.453 e. The van der Waals surface area contributed by atoms with Gasteiger partial charge >= 0.3 is 16.3 Å². The fraction of sp³-hybridized carbons (Fsp3) is 0.429. The van der Waals surface area contributed by atoms with Gasteiger partial charge in [-0.3, -0.25) is 10.1 Å². The number of carbonyl (C=O) groups is 2. The zero-order valence-corrected chi connectivity index (χ0v) is 13.6. The normalized spacial score (nSPS) is 15.7. The molecule has 1 fully saturated rings. The average Bonchev–Trinajstić information content (AvgIpc) is 2.55. The van der Waals surface area contributed by atoms with E-state index in [0.29, 0.717) is 18.8 Å². The highest BCUT2D eigenvalue weighted by atomic mass is 32.2. The van der Waals surface area contributed by atoms with Crippen LogP contribution in [-0.4, -0.2) is 44.9 Å². The van der Waals surface area contributed by atoms with E-state index in [-0.39, 0.29) is 5.56 Å². The van der Waals surface area contributed by atoms with E-state index in [4.69, 9.17) is 0 Å². The first-order valence-corrected chi connectivity index (χ1v) is 8.63. The van der Waals surface area contributed by atoms with E-state index in [0.717, 1.165) is 19.3 Å². The molecule has 0 radical (unpaired) electrons. The molecule has 0 bridgehead atoms. The lowest BCUT2D eigenvalue weighted by Gasteiger charge is -2.25. The Morgan fingerprint density at radius 2 is 1.87 bits per heavy atom. The Morgan fingerprint density at radius 3 is 2.52 bits per heavy atom. The van der Waals surface area contributed by atoms with Gasteiger partial charge in [-0.15, -0.1) is 0 Å². The summed E-state index contributed by atoms with van der Waals surface area (Å²) in [6.45, 7) is 0.819. The highest BCUT2D eigenvalue weighted by Gasteiger charge is 2.26. The Bertz CT molecular complexity index is 683. The lowest BCUT2D eigenvalue weighted by molar-refractivity contribution is 0.0978. The van der Waals surface area contributed by atoms with Crippen molar-refractivity contribution in [3.05, 3.63) is 29.8 Å². The fourth-order valence-corrected chi connectivity index (χ4v) is 3.47. The summed E-state index contributed by atoms with van der Waals surface area (Å²) in [6, 6.07) is 5.93. The quantitative estimate of drug-likeness (QED) is 0.859. The number of hydrogen-bond donors (Lipinski definition) is 2. The number of piperidine rings is 1. The van der Waals surface area contributed by atoms with Crippen molar-refractivity contribution in [1.29, 1.82) is 0 Å². The van der Waals surface area contributed by atoms with Crippen LogP contribution in [-0.2, 0) is 14.9 Å². The fourth-order valence-electron chi connectivity index (χ4n) is 2.25. The topological polar surface area (TPSA) is 105 Å². The minimum atomic E-state index is -3.85. The molecule has 0 saturated carbocycles. The average molecular weight is 341 g/mol. The minimum absolute atomic E-state index is 0.125. The highest BCUT2D eigenvalue weighted by molar-refractivity contribution is 7.87.